The van der Waals surface area contributed by atoms with E-state index in [4.69, 9.17) is 46.4 Å². The maximum absolute atomic E-state index is 6.47. The van der Waals surface area contributed by atoms with Crippen molar-refractivity contribution in [2.75, 3.05) is 0 Å². The summed E-state index contributed by atoms with van der Waals surface area (Å²) in [7, 11) is 0. The fraction of sp³-hybridized carbons (Fsp3) is 0.143. The Labute approximate surface area is 126 Å². The third-order valence-electron chi connectivity index (χ3n) is 2.75. The summed E-state index contributed by atoms with van der Waals surface area (Å²) in [4.78, 5) is 0. The molecule has 0 heterocycles. The van der Waals surface area contributed by atoms with Crippen LogP contribution in [0.4, 0.5) is 0 Å². The average molecular weight is 320 g/mol. The molecule has 0 fully saturated rings. The lowest BCUT2D eigenvalue weighted by Gasteiger charge is -2.14. The van der Waals surface area contributed by atoms with E-state index in [2.05, 4.69) is 0 Å². The SMILES string of the molecule is Cc1ccc(Cl)cc1C(Cl)c1ccc(Cl)c(Cl)c1. The van der Waals surface area contributed by atoms with Gasteiger partial charge in [-0.05, 0) is 47.9 Å². The van der Waals surface area contributed by atoms with Crippen LogP contribution in [0.25, 0.3) is 0 Å². The molecule has 0 saturated carbocycles. The molecule has 18 heavy (non-hydrogen) atoms. The summed E-state index contributed by atoms with van der Waals surface area (Å²) in [6.07, 6.45) is 0. The normalized spacial score (nSPS) is 12.5. The average Bonchev–Trinajstić information content (AvgIpc) is 2.35. The molecule has 0 N–H and O–H groups in total. The first-order valence-corrected chi connectivity index (χ1v) is 6.91. The van der Waals surface area contributed by atoms with Gasteiger partial charge in [0.2, 0.25) is 0 Å². The number of halogens is 4. The number of hydrogen-bond acceptors (Lipinski definition) is 0. The lowest BCUT2D eigenvalue weighted by atomic mass is 10.00. The monoisotopic (exact) mass is 318 g/mol. The molecular formula is C14H10Cl4. The summed E-state index contributed by atoms with van der Waals surface area (Å²) < 4.78 is 0. The van der Waals surface area contributed by atoms with Gasteiger partial charge in [0.1, 0.15) is 0 Å². The van der Waals surface area contributed by atoms with E-state index in [0.717, 1.165) is 16.7 Å². The molecule has 0 amide bonds. The van der Waals surface area contributed by atoms with Gasteiger partial charge in [0, 0.05) is 5.02 Å². The molecular weight excluding hydrogens is 310 g/mol. The minimum absolute atomic E-state index is 0.293. The van der Waals surface area contributed by atoms with Gasteiger partial charge in [-0.3, -0.25) is 0 Å². The van der Waals surface area contributed by atoms with Gasteiger partial charge in [0.15, 0.2) is 0 Å². The molecule has 2 aromatic rings. The van der Waals surface area contributed by atoms with E-state index in [1.165, 1.54) is 0 Å². The molecule has 0 saturated heterocycles. The minimum Gasteiger partial charge on any atom is -0.113 e. The quantitative estimate of drug-likeness (QED) is 0.571. The summed E-state index contributed by atoms with van der Waals surface area (Å²) >= 11 is 24.4. The molecule has 94 valence electrons. The minimum atomic E-state index is -0.293. The van der Waals surface area contributed by atoms with Crippen LogP contribution in [0.2, 0.25) is 15.1 Å². The van der Waals surface area contributed by atoms with E-state index in [1.807, 2.05) is 31.2 Å². The van der Waals surface area contributed by atoms with Gasteiger partial charge in [-0.1, -0.05) is 46.9 Å². The molecule has 0 bridgehead atoms. The van der Waals surface area contributed by atoms with Crippen molar-refractivity contribution in [3.8, 4) is 0 Å². The first-order chi connectivity index (χ1) is 8.49. The van der Waals surface area contributed by atoms with Crippen molar-refractivity contribution in [3.63, 3.8) is 0 Å². The number of aryl methyl sites for hydroxylation is 1. The molecule has 0 nitrogen and oxygen atoms in total. The highest BCUT2D eigenvalue weighted by Crippen LogP contribution is 2.35. The highest BCUT2D eigenvalue weighted by molar-refractivity contribution is 6.42. The Balaban J connectivity index is 2.44. The summed E-state index contributed by atoms with van der Waals surface area (Å²) in [5, 5.41) is 1.39. The number of benzene rings is 2. The molecule has 0 aromatic heterocycles. The Morgan fingerprint density at radius 1 is 0.889 bits per heavy atom. The van der Waals surface area contributed by atoms with Gasteiger partial charge in [-0.2, -0.15) is 0 Å². The summed E-state index contributed by atoms with van der Waals surface area (Å²) in [5.74, 6) is 0. The zero-order chi connectivity index (χ0) is 13.3. The Hall–Kier alpha value is -0.400. The Bertz CT molecular complexity index is 578. The van der Waals surface area contributed by atoms with E-state index in [0.29, 0.717) is 15.1 Å². The van der Waals surface area contributed by atoms with Crippen LogP contribution >= 0.6 is 46.4 Å². The van der Waals surface area contributed by atoms with E-state index in [1.54, 1.807) is 12.1 Å². The maximum atomic E-state index is 6.47. The van der Waals surface area contributed by atoms with Crippen molar-refractivity contribution in [1.82, 2.24) is 0 Å². The molecule has 1 unspecified atom stereocenters. The lowest BCUT2D eigenvalue weighted by Crippen LogP contribution is -1.96. The highest BCUT2D eigenvalue weighted by atomic mass is 35.5. The van der Waals surface area contributed by atoms with E-state index in [9.17, 15) is 0 Å². The summed E-state index contributed by atoms with van der Waals surface area (Å²) in [6.45, 7) is 2.00. The van der Waals surface area contributed by atoms with Crippen LogP contribution < -0.4 is 0 Å². The van der Waals surface area contributed by atoms with Gasteiger partial charge in [-0.25, -0.2) is 0 Å². The second-order valence-electron chi connectivity index (χ2n) is 4.04. The predicted octanol–water partition coefficient (Wildman–Crippen LogP) is 6.28. The van der Waals surface area contributed by atoms with Gasteiger partial charge < -0.3 is 0 Å². The van der Waals surface area contributed by atoms with Crippen LogP contribution in [0.15, 0.2) is 36.4 Å². The van der Waals surface area contributed by atoms with Gasteiger partial charge in [-0.15, -0.1) is 11.6 Å². The van der Waals surface area contributed by atoms with E-state index < -0.39 is 0 Å². The van der Waals surface area contributed by atoms with E-state index in [-0.39, 0.29) is 5.38 Å². The summed E-state index contributed by atoms with van der Waals surface area (Å²) in [6, 6.07) is 11.1. The highest BCUT2D eigenvalue weighted by Gasteiger charge is 2.14. The third kappa shape index (κ3) is 2.95. The number of alkyl halides is 1. The Kier molecular flexibility index (Phi) is 4.45. The molecule has 0 spiro atoms. The van der Waals surface area contributed by atoms with Gasteiger partial charge in [0.25, 0.3) is 0 Å². The maximum Gasteiger partial charge on any atom is 0.0839 e. The zero-order valence-corrected chi connectivity index (χ0v) is 12.6. The largest absolute Gasteiger partial charge is 0.113 e. The molecule has 0 aliphatic carbocycles. The fourth-order valence-electron chi connectivity index (χ4n) is 1.73. The van der Waals surface area contributed by atoms with Crippen molar-refractivity contribution < 1.29 is 0 Å². The predicted molar refractivity (Wildman–Crippen MR) is 80.3 cm³/mol. The Morgan fingerprint density at radius 2 is 1.61 bits per heavy atom. The molecule has 2 rings (SSSR count). The Morgan fingerprint density at radius 3 is 2.28 bits per heavy atom. The second kappa shape index (κ2) is 5.71. The van der Waals surface area contributed by atoms with Crippen LogP contribution in [0.1, 0.15) is 22.1 Å². The van der Waals surface area contributed by atoms with Gasteiger partial charge >= 0.3 is 0 Å². The topological polar surface area (TPSA) is 0 Å². The van der Waals surface area contributed by atoms with Crippen LogP contribution in [0.3, 0.4) is 0 Å². The third-order valence-corrected chi connectivity index (χ3v) is 4.21. The van der Waals surface area contributed by atoms with Crippen LogP contribution in [-0.4, -0.2) is 0 Å². The molecule has 0 aliphatic heterocycles. The smallest absolute Gasteiger partial charge is 0.0839 e. The summed E-state index contributed by atoms with van der Waals surface area (Å²) in [5.41, 5.74) is 2.96. The number of rotatable bonds is 2. The first-order valence-electron chi connectivity index (χ1n) is 5.34. The fourth-order valence-corrected chi connectivity index (χ4v) is 2.59. The van der Waals surface area contributed by atoms with Crippen molar-refractivity contribution in [2.45, 2.75) is 12.3 Å². The van der Waals surface area contributed by atoms with Crippen molar-refractivity contribution >= 4 is 46.4 Å². The molecule has 0 aliphatic rings. The molecule has 1 atom stereocenters. The van der Waals surface area contributed by atoms with Crippen LogP contribution in [-0.2, 0) is 0 Å². The molecule has 0 radical (unpaired) electrons. The zero-order valence-electron chi connectivity index (χ0n) is 9.55. The second-order valence-corrected chi connectivity index (χ2v) is 5.72. The van der Waals surface area contributed by atoms with Crippen LogP contribution in [0, 0.1) is 6.92 Å². The first kappa shape index (κ1) is 14.0. The van der Waals surface area contributed by atoms with Crippen molar-refractivity contribution in [2.24, 2.45) is 0 Å². The lowest BCUT2D eigenvalue weighted by molar-refractivity contribution is 1.11. The standard InChI is InChI=1S/C14H10Cl4/c1-8-2-4-10(15)7-11(8)14(18)9-3-5-12(16)13(17)6-9/h2-7,14H,1H3. The molecule has 2 aromatic carbocycles. The van der Waals surface area contributed by atoms with Crippen LogP contribution in [0.5, 0.6) is 0 Å². The molecule has 4 heteroatoms. The number of hydrogen-bond donors (Lipinski definition) is 0. The van der Waals surface area contributed by atoms with Crippen molar-refractivity contribution in [1.29, 1.82) is 0 Å². The van der Waals surface area contributed by atoms with E-state index >= 15 is 0 Å². The van der Waals surface area contributed by atoms with Crippen molar-refractivity contribution in [3.05, 3.63) is 68.2 Å². The van der Waals surface area contributed by atoms with Gasteiger partial charge in [0.05, 0.1) is 15.4 Å².